The zero-order valence-corrected chi connectivity index (χ0v) is 11.3. The van der Waals surface area contributed by atoms with Gasteiger partial charge >= 0.3 is 5.97 Å². The number of carbonyl (C=O) groups excluding carboxylic acids is 1. The molecule has 6 heteroatoms. The van der Waals surface area contributed by atoms with Gasteiger partial charge in [-0.05, 0) is 26.3 Å². The number of carbonyl (C=O) groups is 2. The maximum atomic E-state index is 12.4. The molecule has 2 fully saturated rings. The molecule has 6 nitrogen and oxygen atoms in total. The first-order valence-electron chi connectivity index (χ1n) is 6.83. The summed E-state index contributed by atoms with van der Waals surface area (Å²) in [5.41, 5.74) is -1.67. The Kier molecular flexibility index (Phi) is 4.10. The topological polar surface area (TPSA) is 87.7 Å². The zero-order valence-electron chi connectivity index (χ0n) is 11.3. The van der Waals surface area contributed by atoms with Crippen LogP contribution in [0.2, 0.25) is 0 Å². The number of aliphatic carboxylic acids is 1. The first-order valence-corrected chi connectivity index (χ1v) is 6.83. The molecule has 2 aliphatic rings. The summed E-state index contributed by atoms with van der Waals surface area (Å²) < 4.78 is 5.20. The van der Waals surface area contributed by atoms with Crippen LogP contribution in [0.25, 0.3) is 0 Å². The van der Waals surface area contributed by atoms with Gasteiger partial charge in [-0.15, -0.1) is 0 Å². The summed E-state index contributed by atoms with van der Waals surface area (Å²) in [4.78, 5) is 24.0. The van der Waals surface area contributed by atoms with Gasteiger partial charge in [-0.25, -0.2) is 4.79 Å². The van der Waals surface area contributed by atoms with Crippen molar-refractivity contribution in [2.45, 2.75) is 38.1 Å². The fraction of sp³-hybridized carbons (Fsp3) is 0.846. The van der Waals surface area contributed by atoms with Crippen LogP contribution in [0.4, 0.5) is 0 Å². The highest BCUT2D eigenvalue weighted by atomic mass is 16.5. The standard InChI is InChI=1S/C13H22N2O4/c1-12(3-2-6-14-9-12)10(16)15-13(11(17)18)4-7-19-8-5-13/h14H,2-9H2,1H3,(H,15,16)(H,17,18). The Balaban J connectivity index is 2.08. The Morgan fingerprint density at radius 3 is 2.47 bits per heavy atom. The number of piperidine rings is 1. The Bertz CT molecular complexity index is 358. The van der Waals surface area contributed by atoms with Gasteiger partial charge < -0.3 is 20.5 Å². The molecule has 0 radical (unpaired) electrons. The molecule has 1 unspecified atom stereocenters. The lowest BCUT2D eigenvalue weighted by atomic mass is 9.80. The monoisotopic (exact) mass is 270 g/mol. The van der Waals surface area contributed by atoms with Crippen LogP contribution >= 0.6 is 0 Å². The molecule has 0 saturated carbocycles. The van der Waals surface area contributed by atoms with E-state index in [2.05, 4.69) is 10.6 Å². The van der Waals surface area contributed by atoms with Crippen LogP contribution in [0.5, 0.6) is 0 Å². The zero-order chi connectivity index (χ0) is 13.9. The second-order valence-corrected chi connectivity index (χ2v) is 5.79. The normalized spacial score (nSPS) is 30.6. The molecule has 0 spiro atoms. The van der Waals surface area contributed by atoms with Gasteiger partial charge in [0.2, 0.25) is 5.91 Å². The third-order valence-corrected chi connectivity index (χ3v) is 4.25. The third kappa shape index (κ3) is 2.90. The molecule has 1 amide bonds. The average molecular weight is 270 g/mol. The molecule has 2 heterocycles. The fourth-order valence-corrected chi connectivity index (χ4v) is 2.73. The van der Waals surface area contributed by atoms with Crippen molar-refractivity contribution in [3.8, 4) is 0 Å². The van der Waals surface area contributed by atoms with Gasteiger partial charge in [0.25, 0.3) is 0 Å². The quantitative estimate of drug-likeness (QED) is 0.678. The molecule has 0 bridgehead atoms. The molecule has 3 N–H and O–H groups in total. The van der Waals surface area contributed by atoms with E-state index in [1.165, 1.54) is 0 Å². The smallest absolute Gasteiger partial charge is 0.329 e. The Morgan fingerprint density at radius 1 is 1.26 bits per heavy atom. The number of hydrogen-bond acceptors (Lipinski definition) is 4. The molecule has 1 atom stereocenters. The van der Waals surface area contributed by atoms with Gasteiger partial charge in [0.1, 0.15) is 5.54 Å². The Morgan fingerprint density at radius 2 is 1.95 bits per heavy atom. The van der Waals surface area contributed by atoms with E-state index in [0.29, 0.717) is 32.6 Å². The van der Waals surface area contributed by atoms with Crippen LogP contribution in [-0.2, 0) is 14.3 Å². The Hall–Kier alpha value is -1.14. The highest BCUT2D eigenvalue weighted by Crippen LogP contribution is 2.29. The van der Waals surface area contributed by atoms with Crippen LogP contribution in [0.15, 0.2) is 0 Å². The van der Waals surface area contributed by atoms with Crippen LogP contribution in [0, 0.1) is 5.41 Å². The summed E-state index contributed by atoms with van der Waals surface area (Å²) in [7, 11) is 0. The highest BCUT2D eigenvalue weighted by Gasteiger charge is 2.45. The van der Waals surface area contributed by atoms with Gasteiger partial charge in [0.05, 0.1) is 5.41 Å². The van der Waals surface area contributed by atoms with E-state index in [4.69, 9.17) is 4.74 Å². The molecule has 0 aromatic carbocycles. The van der Waals surface area contributed by atoms with Crippen molar-refractivity contribution in [1.29, 1.82) is 0 Å². The van der Waals surface area contributed by atoms with Crippen molar-refractivity contribution in [3.63, 3.8) is 0 Å². The molecule has 2 saturated heterocycles. The van der Waals surface area contributed by atoms with Crippen LogP contribution in [0.1, 0.15) is 32.6 Å². The number of carboxylic acid groups (broad SMARTS) is 1. The predicted molar refractivity (Wildman–Crippen MR) is 68.8 cm³/mol. The molecular weight excluding hydrogens is 248 g/mol. The molecule has 2 rings (SSSR count). The van der Waals surface area contributed by atoms with Crippen LogP contribution in [0.3, 0.4) is 0 Å². The molecule has 0 aromatic rings. The molecule has 108 valence electrons. The third-order valence-electron chi connectivity index (χ3n) is 4.25. The van der Waals surface area contributed by atoms with Crippen molar-refractivity contribution in [2.75, 3.05) is 26.3 Å². The number of amides is 1. The fourth-order valence-electron chi connectivity index (χ4n) is 2.73. The first-order chi connectivity index (χ1) is 8.99. The van der Waals surface area contributed by atoms with Crippen LogP contribution < -0.4 is 10.6 Å². The lowest BCUT2D eigenvalue weighted by Crippen LogP contribution is -2.61. The van der Waals surface area contributed by atoms with E-state index in [9.17, 15) is 14.7 Å². The van der Waals surface area contributed by atoms with Gasteiger partial charge in [0.15, 0.2) is 0 Å². The lowest BCUT2D eigenvalue weighted by molar-refractivity contribution is -0.154. The van der Waals surface area contributed by atoms with E-state index in [1.54, 1.807) is 0 Å². The number of rotatable bonds is 3. The predicted octanol–water partition coefficient (Wildman–Crippen LogP) is 0.126. The molecule has 19 heavy (non-hydrogen) atoms. The van der Waals surface area contributed by atoms with Crippen molar-refractivity contribution in [1.82, 2.24) is 10.6 Å². The minimum atomic E-state index is -1.16. The largest absolute Gasteiger partial charge is 0.480 e. The highest BCUT2D eigenvalue weighted by molar-refractivity contribution is 5.90. The van der Waals surface area contributed by atoms with Crippen LogP contribution in [-0.4, -0.2) is 48.8 Å². The summed E-state index contributed by atoms with van der Waals surface area (Å²) in [6.45, 7) is 4.16. The maximum absolute atomic E-state index is 12.4. The molecule has 2 aliphatic heterocycles. The van der Waals surface area contributed by atoms with E-state index in [-0.39, 0.29) is 5.91 Å². The molecular formula is C13H22N2O4. The van der Waals surface area contributed by atoms with Gasteiger partial charge in [0, 0.05) is 32.6 Å². The summed E-state index contributed by atoms with van der Waals surface area (Å²) in [5.74, 6) is -1.12. The van der Waals surface area contributed by atoms with Gasteiger partial charge in [-0.3, -0.25) is 4.79 Å². The van der Waals surface area contributed by atoms with E-state index in [1.807, 2.05) is 6.92 Å². The van der Waals surface area contributed by atoms with Gasteiger partial charge in [-0.2, -0.15) is 0 Å². The number of hydrogen-bond donors (Lipinski definition) is 3. The molecule has 0 aliphatic carbocycles. The number of ether oxygens (including phenoxy) is 1. The van der Waals surface area contributed by atoms with Crippen molar-refractivity contribution in [2.24, 2.45) is 5.41 Å². The second kappa shape index (κ2) is 5.46. The number of nitrogens with one attached hydrogen (secondary N) is 2. The van der Waals surface area contributed by atoms with E-state index in [0.717, 1.165) is 19.4 Å². The number of carboxylic acids is 1. The van der Waals surface area contributed by atoms with E-state index >= 15 is 0 Å². The SMILES string of the molecule is CC1(C(=O)NC2(C(=O)O)CCOCC2)CCCNC1. The minimum absolute atomic E-state index is 0.163. The summed E-state index contributed by atoms with van der Waals surface area (Å²) >= 11 is 0. The van der Waals surface area contributed by atoms with E-state index < -0.39 is 16.9 Å². The lowest BCUT2D eigenvalue weighted by Gasteiger charge is -2.39. The average Bonchev–Trinajstić information content (AvgIpc) is 2.40. The summed E-state index contributed by atoms with van der Waals surface area (Å²) in [5, 5.41) is 15.4. The van der Waals surface area contributed by atoms with Crippen molar-refractivity contribution in [3.05, 3.63) is 0 Å². The van der Waals surface area contributed by atoms with Crippen molar-refractivity contribution >= 4 is 11.9 Å². The summed E-state index contributed by atoms with van der Waals surface area (Å²) in [6, 6.07) is 0. The second-order valence-electron chi connectivity index (χ2n) is 5.79. The summed E-state index contributed by atoms with van der Waals surface area (Å²) in [6.07, 6.45) is 2.39. The Labute approximate surface area is 112 Å². The molecule has 0 aromatic heterocycles. The maximum Gasteiger partial charge on any atom is 0.329 e. The van der Waals surface area contributed by atoms with Crippen molar-refractivity contribution < 1.29 is 19.4 Å². The van der Waals surface area contributed by atoms with Gasteiger partial charge in [-0.1, -0.05) is 0 Å². The first kappa shape index (κ1) is 14.3. The minimum Gasteiger partial charge on any atom is -0.480 e.